The molecule has 1 unspecified atom stereocenters. The topological polar surface area (TPSA) is 92.4 Å². The van der Waals surface area contributed by atoms with Crippen molar-refractivity contribution in [1.82, 2.24) is 4.72 Å². The van der Waals surface area contributed by atoms with Crippen LogP contribution in [0.5, 0.6) is 0 Å². The maximum atomic E-state index is 13.2. The summed E-state index contributed by atoms with van der Waals surface area (Å²) in [6.45, 7) is 1.82. The molecule has 0 fully saturated rings. The van der Waals surface area contributed by atoms with Crippen molar-refractivity contribution in [3.05, 3.63) is 24.0 Å². The number of anilines is 1. The second-order valence-corrected chi connectivity index (χ2v) is 5.84. The predicted molar refractivity (Wildman–Crippen MR) is 66.9 cm³/mol. The molecule has 4 N–H and O–H groups in total. The van der Waals surface area contributed by atoms with E-state index >= 15 is 0 Å². The van der Waals surface area contributed by atoms with Gasteiger partial charge in [0.2, 0.25) is 10.0 Å². The van der Waals surface area contributed by atoms with Gasteiger partial charge in [0.1, 0.15) is 5.82 Å². The molecule has 0 saturated heterocycles. The molecule has 7 heteroatoms. The van der Waals surface area contributed by atoms with Crippen molar-refractivity contribution < 1.29 is 17.9 Å². The number of nitrogen functional groups attached to an aromatic ring is 1. The zero-order chi connectivity index (χ0) is 13.8. The number of hydrogen-bond acceptors (Lipinski definition) is 4. The first kappa shape index (κ1) is 14.9. The number of hydrogen-bond donors (Lipinski definition) is 3. The van der Waals surface area contributed by atoms with E-state index in [2.05, 4.69) is 4.72 Å². The minimum Gasteiger partial charge on any atom is -0.396 e. The summed E-state index contributed by atoms with van der Waals surface area (Å²) in [5.41, 5.74) is 5.17. The number of halogens is 1. The standard InChI is InChI=1S/C11H17FN2O3S/c1-8(15)3-2-6-14-18(16,17)9-4-5-11(13)10(12)7-9/h4-5,7-8,14-15H,2-3,6,13H2,1H3. The molecular weight excluding hydrogens is 259 g/mol. The Labute approximate surface area is 106 Å². The summed E-state index contributed by atoms with van der Waals surface area (Å²) in [5.74, 6) is -0.762. The van der Waals surface area contributed by atoms with Gasteiger partial charge in [0.15, 0.2) is 0 Å². The van der Waals surface area contributed by atoms with Crippen LogP contribution in [0, 0.1) is 5.82 Å². The van der Waals surface area contributed by atoms with E-state index in [1.165, 1.54) is 12.1 Å². The molecule has 0 radical (unpaired) electrons. The third-order valence-corrected chi connectivity index (χ3v) is 3.83. The molecule has 0 bridgehead atoms. The van der Waals surface area contributed by atoms with Gasteiger partial charge >= 0.3 is 0 Å². The van der Waals surface area contributed by atoms with Crippen LogP contribution in [0.2, 0.25) is 0 Å². The van der Waals surface area contributed by atoms with Gasteiger partial charge in [-0.05, 0) is 38.0 Å². The molecule has 102 valence electrons. The lowest BCUT2D eigenvalue weighted by Gasteiger charge is -2.08. The van der Waals surface area contributed by atoms with E-state index < -0.39 is 21.9 Å². The van der Waals surface area contributed by atoms with E-state index in [4.69, 9.17) is 10.8 Å². The molecule has 0 aliphatic rings. The number of benzene rings is 1. The zero-order valence-corrected chi connectivity index (χ0v) is 10.9. The molecule has 0 spiro atoms. The smallest absolute Gasteiger partial charge is 0.240 e. The predicted octanol–water partition coefficient (Wildman–Crippen LogP) is 0.847. The summed E-state index contributed by atoms with van der Waals surface area (Å²) in [7, 11) is -3.72. The average molecular weight is 276 g/mol. The first-order valence-electron chi connectivity index (χ1n) is 5.55. The SMILES string of the molecule is CC(O)CCCNS(=O)(=O)c1ccc(N)c(F)c1. The molecule has 18 heavy (non-hydrogen) atoms. The highest BCUT2D eigenvalue weighted by atomic mass is 32.2. The van der Waals surface area contributed by atoms with E-state index in [0.29, 0.717) is 12.8 Å². The average Bonchev–Trinajstić information content (AvgIpc) is 2.28. The van der Waals surface area contributed by atoms with Crippen molar-refractivity contribution in [3.63, 3.8) is 0 Å². The first-order valence-corrected chi connectivity index (χ1v) is 7.04. The number of sulfonamides is 1. The normalized spacial score (nSPS) is 13.5. The minimum atomic E-state index is -3.72. The highest BCUT2D eigenvalue weighted by Crippen LogP contribution is 2.16. The van der Waals surface area contributed by atoms with E-state index in [-0.39, 0.29) is 17.1 Å². The fourth-order valence-electron chi connectivity index (χ4n) is 1.36. The lowest BCUT2D eigenvalue weighted by atomic mass is 10.2. The summed E-state index contributed by atoms with van der Waals surface area (Å²) in [5, 5.41) is 9.03. The van der Waals surface area contributed by atoms with E-state index in [1.807, 2.05) is 0 Å². The number of rotatable bonds is 6. The van der Waals surface area contributed by atoms with E-state index in [1.54, 1.807) is 6.92 Å². The lowest BCUT2D eigenvalue weighted by Crippen LogP contribution is -2.25. The number of aliphatic hydroxyl groups excluding tert-OH is 1. The Morgan fingerprint density at radius 2 is 2.17 bits per heavy atom. The van der Waals surface area contributed by atoms with Crippen LogP contribution >= 0.6 is 0 Å². The fraction of sp³-hybridized carbons (Fsp3) is 0.455. The number of nitrogens with one attached hydrogen (secondary N) is 1. The van der Waals surface area contributed by atoms with E-state index in [9.17, 15) is 12.8 Å². The number of nitrogens with two attached hydrogens (primary N) is 1. The van der Waals surface area contributed by atoms with Gasteiger partial charge in [-0.25, -0.2) is 17.5 Å². The summed E-state index contributed by atoms with van der Waals surface area (Å²) in [6, 6.07) is 3.33. The maximum absolute atomic E-state index is 13.2. The molecule has 1 rings (SSSR count). The molecule has 5 nitrogen and oxygen atoms in total. The van der Waals surface area contributed by atoms with Gasteiger partial charge in [-0.2, -0.15) is 0 Å². The molecule has 1 aromatic carbocycles. The van der Waals surface area contributed by atoms with Gasteiger partial charge < -0.3 is 10.8 Å². The Bertz CT molecular complexity index is 503. The molecule has 0 aromatic heterocycles. The van der Waals surface area contributed by atoms with Gasteiger partial charge in [-0.15, -0.1) is 0 Å². The monoisotopic (exact) mass is 276 g/mol. The molecular formula is C11H17FN2O3S. The van der Waals surface area contributed by atoms with Crippen LogP contribution in [0.25, 0.3) is 0 Å². The van der Waals surface area contributed by atoms with Crippen LogP contribution in [0.3, 0.4) is 0 Å². The zero-order valence-electron chi connectivity index (χ0n) is 10.1. The van der Waals surface area contributed by atoms with Gasteiger partial charge in [-0.3, -0.25) is 0 Å². The third kappa shape index (κ3) is 4.25. The highest BCUT2D eigenvalue weighted by molar-refractivity contribution is 7.89. The summed E-state index contributed by atoms with van der Waals surface area (Å²) in [6.07, 6.45) is 0.538. The minimum absolute atomic E-state index is 0.0944. The van der Waals surface area contributed by atoms with Crippen molar-refractivity contribution in [3.8, 4) is 0 Å². The van der Waals surface area contributed by atoms with E-state index in [0.717, 1.165) is 6.07 Å². The van der Waals surface area contributed by atoms with Crippen molar-refractivity contribution >= 4 is 15.7 Å². The second-order valence-electron chi connectivity index (χ2n) is 4.07. The van der Waals surface area contributed by atoms with Crippen molar-refractivity contribution in [2.45, 2.75) is 30.8 Å². The summed E-state index contributed by atoms with van der Waals surface area (Å²) < 4.78 is 39.0. The van der Waals surface area contributed by atoms with Gasteiger partial charge in [0.25, 0.3) is 0 Å². The quantitative estimate of drug-likeness (QED) is 0.530. The fourth-order valence-corrected chi connectivity index (χ4v) is 2.45. The lowest BCUT2D eigenvalue weighted by molar-refractivity contribution is 0.182. The van der Waals surface area contributed by atoms with Crippen LogP contribution in [-0.4, -0.2) is 26.2 Å². The molecule has 0 aliphatic carbocycles. The molecule has 0 saturated carbocycles. The molecule has 1 aromatic rings. The molecule has 0 amide bonds. The highest BCUT2D eigenvalue weighted by Gasteiger charge is 2.15. The Morgan fingerprint density at radius 1 is 1.50 bits per heavy atom. The first-order chi connectivity index (χ1) is 8.33. The summed E-state index contributed by atoms with van der Waals surface area (Å²) >= 11 is 0. The molecule has 1 atom stereocenters. The Balaban J connectivity index is 2.66. The van der Waals surface area contributed by atoms with Gasteiger partial charge in [0.05, 0.1) is 16.7 Å². The van der Waals surface area contributed by atoms with Crippen molar-refractivity contribution in [1.29, 1.82) is 0 Å². The second kappa shape index (κ2) is 6.12. The number of aliphatic hydroxyl groups is 1. The maximum Gasteiger partial charge on any atom is 0.240 e. The van der Waals surface area contributed by atoms with Crippen molar-refractivity contribution in [2.24, 2.45) is 0 Å². The molecule has 0 aliphatic heterocycles. The van der Waals surface area contributed by atoms with Crippen LogP contribution in [0.4, 0.5) is 10.1 Å². The Kier molecular flexibility index (Phi) is 5.06. The molecule has 0 heterocycles. The van der Waals surface area contributed by atoms with Crippen LogP contribution < -0.4 is 10.5 Å². The van der Waals surface area contributed by atoms with Crippen LogP contribution in [0.15, 0.2) is 23.1 Å². The van der Waals surface area contributed by atoms with Gasteiger partial charge in [-0.1, -0.05) is 0 Å². The largest absolute Gasteiger partial charge is 0.396 e. The Hall–Kier alpha value is -1.18. The third-order valence-electron chi connectivity index (χ3n) is 2.37. The van der Waals surface area contributed by atoms with Crippen LogP contribution in [0.1, 0.15) is 19.8 Å². The summed E-state index contributed by atoms with van der Waals surface area (Å²) in [4.78, 5) is -0.161. The Morgan fingerprint density at radius 3 is 2.72 bits per heavy atom. The van der Waals surface area contributed by atoms with Gasteiger partial charge in [0, 0.05) is 6.54 Å². The van der Waals surface area contributed by atoms with Crippen molar-refractivity contribution in [2.75, 3.05) is 12.3 Å². The van der Waals surface area contributed by atoms with Crippen LogP contribution in [-0.2, 0) is 10.0 Å².